The highest BCUT2D eigenvalue weighted by Crippen LogP contribution is 2.03. The van der Waals surface area contributed by atoms with E-state index in [0.717, 1.165) is 5.56 Å². The topological polar surface area (TPSA) is 45.5 Å². The minimum Gasteiger partial charge on any atom is -0.341 e. The quantitative estimate of drug-likeness (QED) is 0.566. The van der Waals surface area contributed by atoms with Crippen LogP contribution in [0.1, 0.15) is 5.56 Å². The maximum Gasteiger partial charge on any atom is 0.243 e. The molecule has 2 rings (SSSR count). The molecule has 0 bridgehead atoms. The summed E-state index contributed by atoms with van der Waals surface area (Å²) in [5, 5.41) is 0. The Morgan fingerprint density at radius 3 is 2.56 bits per heavy atom. The number of benzene rings is 1. The summed E-state index contributed by atoms with van der Waals surface area (Å²) in [4.78, 5) is 13.8. The van der Waals surface area contributed by atoms with Crippen molar-refractivity contribution in [1.29, 1.82) is 0 Å². The van der Waals surface area contributed by atoms with Crippen molar-refractivity contribution in [3.8, 4) is 5.88 Å². The molecule has 0 amide bonds. The van der Waals surface area contributed by atoms with E-state index in [1.165, 1.54) is 0 Å². The van der Waals surface area contributed by atoms with Crippen LogP contribution in [0.4, 0.5) is 0 Å². The van der Waals surface area contributed by atoms with Gasteiger partial charge in [-0.15, -0.1) is 0 Å². The SMILES string of the molecule is c1ccc(CO[N]Oc2ccccn2)cc1. The number of nitrogens with zero attached hydrogens (tertiary/aromatic N) is 2. The fourth-order valence-electron chi connectivity index (χ4n) is 1.14. The highest BCUT2D eigenvalue weighted by Gasteiger charge is 1.96. The second kappa shape index (κ2) is 5.85. The van der Waals surface area contributed by atoms with Crippen LogP contribution in [0.5, 0.6) is 5.88 Å². The highest BCUT2D eigenvalue weighted by atomic mass is 16.9. The molecule has 0 aliphatic heterocycles. The molecule has 1 aromatic heterocycles. The second-order valence-corrected chi connectivity index (χ2v) is 3.09. The minimum atomic E-state index is 0.383. The van der Waals surface area contributed by atoms with Crippen LogP contribution < -0.4 is 10.5 Å². The molecule has 0 spiro atoms. The highest BCUT2D eigenvalue weighted by molar-refractivity contribution is 5.13. The molecular formula is C12H11N2O2. The molecule has 0 saturated carbocycles. The molecule has 0 unspecified atom stereocenters. The van der Waals surface area contributed by atoms with Gasteiger partial charge in [-0.25, -0.2) is 9.82 Å². The number of pyridine rings is 1. The summed E-state index contributed by atoms with van der Waals surface area (Å²) in [6.45, 7) is 0.383. The van der Waals surface area contributed by atoms with Gasteiger partial charge in [-0.1, -0.05) is 36.4 Å². The van der Waals surface area contributed by atoms with Gasteiger partial charge in [0.25, 0.3) is 0 Å². The molecule has 81 valence electrons. The predicted molar refractivity (Wildman–Crippen MR) is 58.2 cm³/mol. The number of aromatic nitrogens is 1. The van der Waals surface area contributed by atoms with Gasteiger partial charge in [0.2, 0.25) is 5.88 Å². The van der Waals surface area contributed by atoms with Gasteiger partial charge in [0.1, 0.15) is 5.64 Å². The van der Waals surface area contributed by atoms with Gasteiger partial charge in [0.15, 0.2) is 0 Å². The first-order valence-electron chi connectivity index (χ1n) is 4.89. The van der Waals surface area contributed by atoms with E-state index in [4.69, 9.17) is 9.68 Å². The molecule has 0 saturated heterocycles. The van der Waals surface area contributed by atoms with Crippen LogP contribution in [-0.2, 0) is 11.4 Å². The fourth-order valence-corrected chi connectivity index (χ4v) is 1.14. The summed E-state index contributed by atoms with van der Waals surface area (Å²) in [5.41, 5.74) is 4.51. The molecule has 2 aromatic rings. The molecule has 16 heavy (non-hydrogen) atoms. The Morgan fingerprint density at radius 2 is 1.81 bits per heavy atom. The molecule has 0 N–H and O–H groups in total. The van der Waals surface area contributed by atoms with E-state index in [0.29, 0.717) is 12.5 Å². The van der Waals surface area contributed by atoms with Crippen molar-refractivity contribution >= 4 is 0 Å². The molecule has 0 aliphatic carbocycles. The second-order valence-electron chi connectivity index (χ2n) is 3.09. The monoisotopic (exact) mass is 215 g/mol. The Hall–Kier alpha value is -1.91. The average molecular weight is 215 g/mol. The predicted octanol–water partition coefficient (Wildman–Crippen LogP) is 2.11. The summed E-state index contributed by atoms with van der Waals surface area (Å²) in [5.74, 6) is 0.413. The van der Waals surface area contributed by atoms with Gasteiger partial charge >= 0.3 is 0 Å². The Kier molecular flexibility index (Phi) is 3.87. The van der Waals surface area contributed by atoms with Crippen molar-refractivity contribution in [2.75, 3.05) is 0 Å². The van der Waals surface area contributed by atoms with Gasteiger partial charge < -0.3 is 4.84 Å². The van der Waals surface area contributed by atoms with Crippen LogP contribution >= 0.6 is 0 Å². The van der Waals surface area contributed by atoms with Crippen molar-refractivity contribution in [1.82, 2.24) is 10.6 Å². The van der Waals surface area contributed by atoms with Gasteiger partial charge in [-0.2, -0.15) is 0 Å². The normalized spacial score (nSPS) is 10.0. The van der Waals surface area contributed by atoms with E-state index >= 15 is 0 Å². The zero-order valence-corrected chi connectivity index (χ0v) is 8.61. The van der Waals surface area contributed by atoms with Crippen LogP contribution in [0.3, 0.4) is 0 Å². The summed E-state index contributed by atoms with van der Waals surface area (Å²) >= 11 is 0. The van der Waals surface area contributed by atoms with Crippen molar-refractivity contribution < 1.29 is 9.68 Å². The minimum absolute atomic E-state index is 0.383. The van der Waals surface area contributed by atoms with Crippen molar-refractivity contribution in [2.24, 2.45) is 0 Å². The van der Waals surface area contributed by atoms with Gasteiger partial charge in [0, 0.05) is 12.3 Å². The summed E-state index contributed by atoms with van der Waals surface area (Å²) in [6.07, 6.45) is 1.63. The van der Waals surface area contributed by atoms with Crippen LogP contribution in [0.25, 0.3) is 0 Å². The first-order chi connectivity index (χ1) is 7.95. The molecule has 4 nitrogen and oxygen atoms in total. The maximum atomic E-state index is 4.99. The molecule has 0 fully saturated rings. The Labute approximate surface area is 93.8 Å². The lowest BCUT2D eigenvalue weighted by Gasteiger charge is -2.02. The third kappa shape index (κ3) is 3.34. The van der Waals surface area contributed by atoms with E-state index in [-0.39, 0.29) is 0 Å². The van der Waals surface area contributed by atoms with Crippen LogP contribution in [0, 0.1) is 0 Å². The van der Waals surface area contributed by atoms with Crippen LogP contribution in [-0.4, -0.2) is 4.98 Å². The van der Waals surface area contributed by atoms with Gasteiger partial charge in [0.05, 0.1) is 6.61 Å². The van der Waals surface area contributed by atoms with Crippen molar-refractivity contribution in [2.45, 2.75) is 6.61 Å². The van der Waals surface area contributed by atoms with Crippen molar-refractivity contribution in [3.63, 3.8) is 0 Å². The molecule has 0 atom stereocenters. The fraction of sp³-hybridized carbons (Fsp3) is 0.0833. The molecular weight excluding hydrogens is 204 g/mol. The van der Waals surface area contributed by atoms with E-state index < -0.39 is 0 Å². The van der Waals surface area contributed by atoms with Crippen LogP contribution in [0.15, 0.2) is 54.7 Å². The Bertz CT molecular complexity index is 364. The van der Waals surface area contributed by atoms with Crippen molar-refractivity contribution in [3.05, 3.63) is 60.3 Å². The lowest BCUT2D eigenvalue weighted by atomic mass is 10.2. The Morgan fingerprint density at radius 1 is 1.00 bits per heavy atom. The lowest BCUT2D eigenvalue weighted by molar-refractivity contribution is -0.127. The number of hydrogen-bond acceptors (Lipinski definition) is 3. The standard InChI is InChI=1S/C12H11N2O2/c1-2-6-11(7-3-1)10-15-14-16-12-8-4-5-9-13-12/h1-9H,10H2. The third-order valence-corrected chi connectivity index (χ3v) is 1.90. The first-order valence-corrected chi connectivity index (χ1v) is 4.89. The van der Waals surface area contributed by atoms with Gasteiger partial charge in [-0.05, 0) is 11.6 Å². The van der Waals surface area contributed by atoms with E-state index in [9.17, 15) is 0 Å². The lowest BCUT2D eigenvalue weighted by Crippen LogP contribution is -2.11. The zero-order valence-electron chi connectivity index (χ0n) is 8.61. The number of rotatable bonds is 5. The third-order valence-electron chi connectivity index (χ3n) is 1.90. The summed E-state index contributed by atoms with van der Waals surface area (Å²) in [7, 11) is 0. The van der Waals surface area contributed by atoms with E-state index in [1.54, 1.807) is 18.3 Å². The van der Waals surface area contributed by atoms with Crippen LogP contribution in [0.2, 0.25) is 0 Å². The molecule has 1 radical (unpaired) electrons. The number of hydrogen-bond donors (Lipinski definition) is 0. The summed E-state index contributed by atoms with van der Waals surface area (Å²) < 4.78 is 0. The van der Waals surface area contributed by atoms with E-state index in [1.807, 2.05) is 36.4 Å². The zero-order chi connectivity index (χ0) is 11.1. The molecule has 0 aliphatic rings. The average Bonchev–Trinajstić information content (AvgIpc) is 2.37. The molecule has 4 heteroatoms. The maximum absolute atomic E-state index is 4.99. The first kappa shape index (κ1) is 10.6. The van der Waals surface area contributed by atoms with E-state index in [2.05, 4.69) is 10.6 Å². The van der Waals surface area contributed by atoms with Gasteiger partial charge in [-0.3, -0.25) is 0 Å². The summed E-state index contributed by atoms with van der Waals surface area (Å²) in [6, 6.07) is 15.1. The largest absolute Gasteiger partial charge is 0.341 e. The molecule has 1 heterocycles. The smallest absolute Gasteiger partial charge is 0.243 e. The molecule has 1 aromatic carbocycles. The Balaban J connectivity index is 1.70.